The topological polar surface area (TPSA) is 32.3 Å². The molecule has 0 bridgehead atoms. The molecule has 1 N–H and O–H groups in total. The second kappa shape index (κ2) is 7.78. The van der Waals surface area contributed by atoms with Crippen molar-refractivity contribution in [2.75, 3.05) is 25.9 Å². The highest BCUT2D eigenvalue weighted by atomic mass is 35.5. The van der Waals surface area contributed by atoms with Gasteiger partial charge in [-0.2, -0.15) is 0 Å². The summed E-state index contributed by atoms with van der Waals surface area (Å²) in [6, 6.07) is 8.68. The zero-order chi connectivity index (χ0) is 13.0. The van der Waals surface area contributed by atoms with E-state index in [1.54, 1.807) is 11.8 Å². The van der Waals surface area contributed by atoms with E-state index in [-0.39, 0.29) is 18.3 Å². The number of likely N-dealkylation sites (N-methyl/N-ethyl adjacent to an activating group) is 1. The number of rotatable bonds is 4. The first kappa shape index (κ1) is 16.3. The molecule has 19 heavy (non-hydrogen) atoms. The standard InChI is InChI=1S/C14H20N2OS.ClH/c1-11-3-5-13(6-4-11)18-10-14(17)16(2)12-7-8-15-9-12;/h3-6,12,15H,7-10H2,1-2H3;1H. The summed E-state index contributed by atoms with van der Waals surface area (Å²) in [5, 5.41) is 3.29. The molecule has 1 aliphatic rings. The fraction of sp³-hybridized carbons (Fsp3) is 0.500. The van der Waals surface area contributed by atoms with Gasteiger partial charge in [-0.1, -0.05) is 17.7 Å². The van der Waals surface area contributed by atoms with Crippen LogP contribution in [0.25, 0.3) is 0 Å². The van der Waals surface area contributed by atoms with Crippen molar-refractivity contribution in [3.63, 3.8) is 0 Å². The molecule has 1 unspecified atom stereocenters. The molecule has 1 amide bonds. The Morgan fingerprint density at radius 3 is 2.68 bits per heavy atom. The van der Waals surface area contributed by atoms with Gasteiger partial charge in [0.05, 0.1) is 5.75 Å². The van der Waals surface area contributed by atoms with Crippen LogP contribution in [0.15, 0.2) is 29.2 Å². The molecule has 1 fully saturated rings. The van der Waals surface area contributed by atoms with Gasteiger partial charge in [0.2, 0.25) is 5.91 Å². The van der Waals surface area contributed by atoms with Gasteiger partial charge in [-0.25, -0.2) is 0 Å². The number of hydrogen-bond acceptors (Lipinski definition) is 3. The van der Waals surface area contributed by atoms with E-state index in [9.17, 15) is 4.79 Å². The van der Waals surface area contributed by atoms with Gasteiger partial charge in [0, 0.05) is 24.5 Å². The maximum absolute atomic E-state index is 12.0. The van der Waals surface area contributed by atoms with Gasteiger partial charge in [-0.3, -0.25) is 4.79 Å². The van der Waals surface area contributed by atoms with Gasteiger partial charge < -0.3 is 10.2 Å². The zero-order valence-corrected chi connectivity index (χ0v) is 13.0. The van der Waals surface area contributed by atoms with Crippen molar-refractivity contribution in [2.24, 2.45) is 0 Å². The molecule has 1 atom stereocenters. The second-order valence-electron chi connectivity index (χ2n) is 4.75. The number of hydrogen-bond donors (Lipinski definition) is 1. The molecule has 3 nitrogen and oxygen atoms in total. The van der Waals surface area contributed by atoms with Crippen LogP contribution in [0.5, 0.6) is 0 Å². The fourth-order valence-electron chi connectivity index (χ4n) is 2.06. The predicted molar refractivity (Wildman–Crippen MR) is 83.2 cm³/mol. The summed E-state index contributed by atoms with van der Waals surface area (Å²) in [4.78, 5) is 15.1. The number of benzene rings is 1. The van der Waals surface area contributed by atoms with E-state index in [0.717, 1.165) is 24.4 Å². The lowest BCUT2D eigenvalue weighted by Gasteiger charge is -2.23. The van der Waals surface area contributed by atoms with Crippen molar-refractivity contribution >= 4 is 30.1 Å². The van der Waals surface area contributed by atoms with Crippen LogP contribution in [-0.4, -0.2) is 42.7 Å². The molecular formula is C14H21ClN2OS. The minimum atomic E-state index is 0. The van der Waals surface area contributed by atoms with Crippen molar-refractivity contribution in [2.45, 2.75) is 24.3 Å². The van der Waals surface area contributed by atoms with Crippen LogP contribution in [0.4, 0.5) is 0 Å². The predicted octanol–water partition coefficient (Wildman–Crippen LogP) is 2.33. The molecule has 0 aliphatic carbocycles. The van der Waals surface area contributed by atoms with Crippen molar-refractivity contribution < 1.29 is 4.79 Å². The van der Waals surface area contributed by atoms with E-state index in [1.165, 1.54) is 5.56 Å². The summed E-state index contributed by atoms with van der Waals surface area (Å²) in [6.45, 7) is 4.02. The van der Waals surface area contributed by atoms with Gasteiger partial charge >= 0.3 is 0 Å². The Hall–Kier alpha value is -0.710. The number of amides is 1. The average Bonchev–Trinajstić information content (AvgIpc) is 2.90. The molecular weight excluding hydrogens is 280 g/mol. The maximum atomic E-state index is 12.0. The van der Waals surface area contributed by atoms with Crippen molar-refractivity contribution in [3.05, 3.63) is 29.8 Å². The summed E-state index contributed by atoms with van der Waals surface area (Å²) in [5.41, 5.74) is 1.25. The lowest BCUT2D eigenvalue weighted by molar-refractivity contribution is -0.128. The van der Waals surface area contributed by atoms with Crippen molar-refractivity contribution in [3.8, 4) is 0 Å². The molecule has 1 saturated heterocycles. The van der Waals surface area contributed by atoms with E-state index < -0.39 is 0 Å². The zero-order valence-electron chi connectivity index (χ0n) is 11.4. The van der Waals surface area contributed by atoms with Gasteiger partial charge in [0.15, 0.2) is 0 Å². The Kier molecular flexibility index (Phi) is 6.69. The van der Waals surface area contributed by atoms with Crippen LogP contribution in [0.2, 0.25) is 0 Å². The van der Waals surface area contributed by atoms with Gasteiger partial charge in [0.1, 0.15) is 0 Å². The maximum Gasteiger partial charge on any atom is 0.232 e. The molecule has 106 valence electrons. The fourth-order valence-corrected chi connectivity index (χ4v) is 2.88. The highest BCUT2D eigenvalue weighted by molar-refractivity contribution is 8.00. The molecule has 1 aliphatic heterocycles. The minimum absolute atomic E-state index is 0. The van der Waals surface area contributed by atoms with E-state index in [2.05, 4.69) is 36.5 Å². The molecule has 0 radical (unpaired) electrons. The number of thioether (sulfide) groups is 1. The molecule has 1 aromatic rings. The summed E-state index contributed by atoms with van der Waals surface area (Å²) < 4.78 is 0. The molecule has 0 aromatic heterocycles. The van der Waals surface area contributed by atoms with Gasteiger partial charge in [-0.15, -0.1) is 24.2 Å². The monoisotopic (exact) mass is 300 g/mol. The lowest BCUT2D eigenvalue weighted by atomic mass is 10.2. The lowest BCUT2D eigenvalue weighted by Crippen LogP contribution is -2.39. The molecule has 0 spiro atoms. The van der Waals surface area contributed by atoms with Crippen molar-refractivity contribution in [1.82, 2.24) is 10.2 Å². The number of aryl methyl sites for hydroxylation is 1. The highest BCUT2D eigenvalue weighted by Gasteiger charge is 2.22. The van der Waals surface area contributed by atoms with E-state index in [4.69, 9.17) is 0 Å². The smallest absolute Gasteiger partial charge is 0.232 e. The summed E-state index contributed by atoms with van der Waals surface area (Å²) in [6.07, 6.45) is 1.07. The molecule has 1 heterocycles. The Labute approximate surface area is 125 Å². The Morgan fingerprint density at radius 1 is 1.42 bits per heavy atom. The quantitative estimate of drug-likeness (QED) is 0.866. The summed E-state index contributed by atoms with van der Waals surface area (Å²) in [7, 11) is 1.91. The van der Waals surface area contributed by atoms with Crippen LogP contribution in [0, 0.1) is 6.92 Å². The summed E-state index contributed by atoms with van der Waals surface area (Å²) in [5.74, 6) is 0.741. The number of carbonyl (C=O) groups excluding carboxylic acids is 1. The third-order valence-corrected chi connectivity index (χ3v) is 4.36. The number of nitrogens with one attached hydrogen (secondary N) is 1. The van der Waals surface area contributed by atoms with Gasteiger partial charge in [0.25, 0.3) is 0 Å². The third kappa shape index (κ3) is 4.71. The first-order valence-corrected chi connectivity index (χ1v) is 7.31. The van der Waals surface area contributed by atoms with Crippen LogP contribution >= 0.6 is 24.2 Å². The van der Waals surface area contributed by atoms with E-state index in [0.29, 0.717) is 11.8 Å². The Morgan fingerprint density at radius 2 is 2.11 bits per heavy atom. The third-order valence-electron chi connectivity index (χ3n) is 3.36. The normalized spacial score (nSPS) is 17.9. The first-order chi connectivity index (χ1) is 8.66. The van der Waals surface area contributed by atoms with E-state index in [1.807, 2.05) is 11.9 Å². The Balaban J connectivity index is 0.00000180. The molecule has 1 aromatic carbocycles. The number of carbonyl (C=O) groups is 1. The first-order valence-electron chi connectivity index (χ1n) is 6.32. The van der Waals surface area contributed by atoms with Crippen LogP contribution in [0.1, 0.15) is 12.0 Å². The summed E-state index contributed by atoms with van der Waals surface area (Å²) >= 11 is 1.61. The largest absolute Gasteiger partial charge is 0.341 e. The highest BCUT2D eigenvalue weighted by Crippen LogP contribution is 2.19. The Bertz CT molecular complexity index is 404. The van der Waals surface area contributed by atoms with Gasteiger partial charge in [-0.05, 0) is 32.0 Å². The number of nitrogens with zero attached hydrogens (tertiary/aromatic N) is 1. The molecule has 2 rings (SSSR count). The number of halogens is 1. The molecule has 0 saturated carbocycles. The SMILES string of the molecule is Cc1ccc(SCC(=O)N(C)C2CCNC2)cc1.Cl. The van der Waals surface area contributed by atoms with E-state index >= 15 is 0 Å². The minimum Gasteiger partial charge on any atom is -0.341 e. The van der Waals surface area contributed by atoms with Crippen molar-refractivity contribution in [1.29, 1.82) is 0 Å². The average molecular weight is 301 g/mol. The molecule has 5 heteroatoms. The second-order valence-corrected chi connectivity index (χ2v) is 5.80. The van der Waals surface area contributed by atoms with Crippen LogP contribution in [0.3, 0.4) is 0 Å². The van der Waals surface area contributed by atoms with Crippen LogP contribution < -0.4 is 5.32 Å². The van der Waals surface area contributed by atoms with Crippen LogP contribution in [-0.2, 0) is 4.79 Å².